The summed E-state index contributed by atoms with van der Waals surface area (Å²) in [7, 11) is 0. The molecule has 0 aliphatic heterocycles. The maximum absolute atomic E-state index is 13.2. The number of nitrogens with one attached hydrogen (secondary N) is 1. The van der Waals surface area contributed by atoms with Gasteiger partial charge in [0.15, 0.2) is 0 Å². The molecule has 0 aliphatic carbocycles. The van der Waals surface area contributed by atoms with Gasteiger partial charge in [-0.25, -0.2) is 4.79 Å². The van der Waals surface area contributed by atoms with E-state index >= 15 is 0 Å². The van der Waals surface area contributed by atoms with Crippen molar-refractivity contribution in [3.8, 4) is 28.3 Å². The summed E-state index contributed by atoms with van der Waals surface area (Å²) in [6, 6.07) is 11.7. The van der Waals surface area contributed by atoms with Crippen LogP contribution in [0.5, 0.6) is 0 Å². The SMILES string of the molecule is CCCCc1c(C)n(CCC)c(=O)n1-c1ccc(-c2ncccc2-c2nn[nH]n2)cc1. The topological polar surface area (TPSA) is 94.3 Å². The number of imidazole rings is 1. The Labute approximate surface area is 181 Å². The van der Waals surface area contributed by atoms with Gasteiger partial charge in [-0.2, -0.15) is 5.21 Å². The largest absolute Gasteiger partial charge is 0.333 e. The first-order valence-electron chi connectivity index (χ1n) is 10.8. The van der Waals surface area contributed by atoms with Gasteiger partial charge in [0.1, 0.15) is 0 Å². The third kappa shape index (κ3) is 3.93. The Balaban J connectivity index is 1.77. The van der Waals surface area contributed by atoms with Crippen molar-refractivity contribution in [2.75, 3.05) is 0 Å². The zero-order chi connectivity index (χ0) is 21.8. The molecule has 4 aromatic rings. The number of tetrazole rings is 1. The van der Waals surface area contributed by atoms with Crippen LogP contribution in [0.15, 0.2) is 47.4 Å². The highest BCUT2D eigenvalue weighted by molar-refractivity contribution is 5.77. The van der Waals surface area contributed by atoms with Crippen molar-refractivity contribution in [2.45, 2.75) is 53.0 Å². The van der Waals surface area contributed by atoms with Gasteiger partial charge in [-0.3, -0.25) is 14.1 Å². The standard InChI is InChI=1S/C23H27N7O/c1-4-6-9-20-16(3)29(15-5-2)23(31)30(20)18-12-10-17(11-13-18)21-19(8-7-14-24-21)22-25-27-28-26-22/h7-8,10-14H,4-6,9,15H2,1-3H3,(H,25,26,27,28). The van der Waals surface area contributed by atoms with E-state index in [0.29, 0.717) is 5.82 Å². The van der Waals surface area contributed by atoms with Gasteiger partial charge in [0.05, 0.1) is 11.4 Å². The number of hydrogen-bond acceptors (Lipinski definition) is 5. The summed E-state index contributed by atoms with van der Waals surface area (Å²) >= 11 is 0. The highest BCUT2D eigenvalue weighted by atomic mass is 16.1. The van der Waals surface area contributed by atoms with Gasteiger partial charge in [0.25, 0.3) is 0 Å². The molecule has 1 aromatic carbocycles. The van der Waals surface area contributed by atoms with E-state index < -0.39 is 0 Å². The molecule has 0 bridgehead atoms. The maximum atomic E-state index is 13.2. The molecule has 0 radical (unpaired) electrons. The molecule has 31 heavy (non-hydrogen) atoms. The Morgan fingerprint density at radius 2 is 1.87 bits per heavy atom. The molecule has 0 amide bonds. The van der Waals surface area contributed by atoms with E-state index in [1.54, 1.807) is 6.20 Å². The van der Waals surface area contributed by atoms with E-state index in [2.05, 4.69) is 46.4 Å². The highest BCUT2D eigenvalue weighted by Gasteiger charge is 2.18. The van der Waals surface area contributed by atoms with Crippen molar-refractivity contribution < 1.29 is 0 Å². The number of benzene rings is 1. The predicted octanol–water partition coefficient (Wildman–Crippen LogP) is 3.94. The van der Waals surface area contributed by atoms with Crippen LogP contribution in [-0.4, -0.2) is 34.7 Å². The quantitative estimate of drug-likeness (QED) is 0.469. The van der Waals surface area contributed by atoms with Crippen molar-refractivity contribution in [3.05, 3.63) is 64.5 Å². The number of H-pyrrole nitrogens is 1. The number of hydrogen-bond donors (Lipinski definition) is 1. The van der Waals surface area contributed by atoms with Crippen molar-refractivity contribution in [1.29, 1.82) is 0 Å². The van der Waals surface area contributed by atoms with Crippen LogP contribution in [-0.2, 0) is 13.0 Å². The van der Waals surface area contributed by atoms with Crippen molar-refractivity contribution in [1.82, 2.24) is 34.7 Å². The number of aromatic nitrogens is 7. The third-order valence-electron chi connectivity index (χ3n) is 5.52. The lowest BCUT2D eigenvalue weighted by atomic mass is 10.0. The molecule has 0 aliphatic rings. The summed E-state index contributed by atoms with van der Waals surface area (Å²) < 4.78 is 3.76. The van der Waals surface area contributed by atoms with Gasteiger partial charge in [0, 0.05) is 35.3 Å². The lowest BCUT2D eigenvalue weighted by molar-refractivity contribution is 0.633. The normalized spacial score (nSPS) is 11.2. The molecular weight excluding hydrogens is 390 g/mol. The Morgan fingerprint density at radius 1 is 1.06 bits per heavy atom. The highest BCUT2D eigenvalue weighted by Crippen LogP contribution is 2.28. The summed E-state index contributed by atoms with van der Waals surface area (Å²) in [4.78, 5) is 17.7. The third-order valence-corrected chi connectivity index (χ3v) is 5.52. The average molecular weight is 418 g/mol. The van der Waals surface area contributed by atoms with Crippen LogP contribution in [0.3, 0.4) is 0 Å². The molecule has 1 N–H and O–H groups in total. The summed E-state index contributed by atoms with van der Waals surface area (Å²) in [5.74, 6) is 0.498. The zero-order valence-corrected chi connectivity index (χ0v) is 18.2. The molecule has 8 nitrogen and oxygen atoms in total. The Hall–Kier alpha value is -3.55. The van der Waals surface area contributed by atoms with E-state index in [-0.39, 0.29) is 5.69 Å². The molecule has 8 heteroatoms. The van der Waals surface area contributed by atoms with Crippen LogP contribution in [0.1, 0.15) is 44.5 Å². The predicted molar refractivity (Wildman–Crippen MR) is 120 cm³/mol. The molecule has 0 fully saturated rings. The van der Waals surface area contributed by atoms with Crippen LogP contribution in [0.4, 0.5) is 0 Å². The van der Waals surface area contributed by atoms with Crippen molar-refractivity contribution in [3.63, 3.8) is 0 Å². The fourth-order valence-electron chi connectivity index (χ4n) is 3.95. The summed E-state index contributed by atoms with van der Waals surface area (Å²) in [6.45, 7) is 7.05. The summed E-state index contributed by atoms with van der Waals surface area (Å²) in [5.41, 5.74) is 5.56. The molecule has 3 heterocycles. The van der Waals surface area contributed by atoms with E-state index in [1.807, 2.05) is 45.5 Å². The van der Waals surface area contributed by atoms with E-state index in [1.165, 1.54) is 0 Å². The number of rotatable bonds is 8. The minimum Gasteiger partial charge on any atom is -0.296 e. The molecule has 0 saturated heterocycles. The minimum atomic E-state index is 0.0310. The Morgan fingerprint density at radius 3 is 2.55 bits per heavy atom. The second-order valence-corrected chi connectivity index (χ2v) is 7.59. The maximum Gasteiger partial charge on any atom is 0.333 e. The first kappa shape index (κ1) is 20.7. The lowest BCUT2D eigenvalue weighted by Gasteiger charge is -2.10. The molecule has 0 unspecified atom stereocenters. The van der Waals surface area contributed by atoms with Gasteiger partial charge in [-0.1, -0.05) is 32.4 Å². The summed E-state index contributed by atoms with van der Waals surface area (Å²) in [6.07, 6.45) is 5.70. The van der Waals surface area contributed by atoms with Crippen molar-refractivity contribution >= 4 is 0 Å². The van der Waals surface area contributed by atoms with Gasteiger partial charge >= 0.3 is 5.69 Å². The average Bonchev–Trinajstić information content (AvgIpc) is 3.41. The van der Waals surface area contributed by atoms with Crippen LogP contribution in [0.2, 0.25) is 0 Å². The Bertz CT molecular complexity index is 1200. The number of nitrogens with zero attached hydrogens (tertiary/aromatic N) is 6. The fourth-order valence-corrected chi connectivity index (χ4v) is 3.95. The van der Waals surface area contributed by atoms with Crippen LogP contribution >= 0.6 is 0 Å². The van der Waals surface area contributed by atoms with Crippen LogP contribution < -0.4 is 5.69 Å². The first-order valence-corrected chi connectivity index (χ1v) is 10.8. The Kier molecular flexibility index (Phi) is 6.06. The molecule has 0 saturated carbocycles. The van der Waals surface area contributed by atoms with Gasteiger partial charge in [-0.15, -0.1) is 10.2 Å². The zero-order valence-electron chi connectivity index (χ0n) is 18.2. The number of pyridine rings is 1. The molecule has 4 rings (SSSR count). The minimum absolute atomic E-state index is 0.0310. The van der Waals surface area contributed by atoms with Crippen molar-refractivity contribution in [2.24, 2.45) is 0 Å². The molecule has 0 spiro atoms. The van der Waals surface area contributed by atoms with Gasteiger partial charge in [-0.05, 0) is 55.7 Å². The van der Waals surface area contributed by atoms with Crippen LogP contribution in [0.25, 0.3) is 28.3 Å². The molecular formula is C23H27N7O. The molecule has 0 atom stereocenters. The molecule has 160 valence electrons. The van der Waals surface area contributed by atoms with Crippen LogP contribution in [0, 0.1) is 6.92 Å². The summed E-state index contributed by atoms with van der Waals surface area (Å²) in [5, 5.41) is 14.3. The lowest BCUT2D eigenvalue weighted by Crippen LogP contribution is -2.24. The van der Waals surface area contributed by atoms with E-state index in [4.69, 9.17) is 0 Å². The monoisotopic (exact) mass is 417 g/mol. The van der Waals surface area contributed by atoms with Gasteiger partial charge < -0.3 is 0 Å². The van der Waals surface area contributed by atoms with E-state index in [9.17, 15) is 4.79 Å². The second-order valence-electron chi connectivity index (χ2n) is 7.59. The fraction of sp³-hybridized carbons (Fsp3) is 0.348. The smallest absolute Gasteiger partial charge is 0.296 e. The molecule has 3 aromatic heterocycles. The second kappa shape index (κ2) is 9.07. The number of aromatic amines is 1. The van der Waals surface area contributed by atoms with E-state index in [0.717, 1.165) is 66.1 Å². The number of unbranched alkanes of at least 4 members (excludes halogenated alkanes) is 1. The van der Waals surface area contributed by atoms with Gasteiger partial charge in [0.2, 0.25) is 5.82 Å². The first-order chi connectivity index (χ1) is 15.2.